The van der Waals surface area contributed by atoms with E-state index in [9.17, 15) is 24.5 Å². The third-order valence-electron chi connectivity index (χ3n) is 5.84. The van der Waals surface area contributed by atoms with Crippen molar-refractivity contribution in [2.24, 2.45) is 0 Å². The Morgan fingerprint density at radius 2 is 1.76 bits per heavy atom. The van der Waals surface area contributed by atoms with Gasteiger partial charge in [0.05, 0.1) is 17.7 Å². The van der Waals surface area contributed by atoms with E-state index < -0.39 is 22.8 Å². The van der Waals surface area contributed by atoms with Crippen LogP contribution in [0.2, 0.25) is 0 Å². The molecule has 0 radical (unpaired) electrons. The number of nitrogens with zero attached hydrogens (tertiary/aromatic N) is 2. The first-order valence-corrected chi connectivity index (χ1v) is 11.2. The molecule has 37 heavy (non-hydrogen) atoms. The van der Waals surface area contributed by atoms with Gasteiger partial charge in [0, 0.05) is 17.7 Å². The van der Waals surface area contributed by atoms with E-state index in [-0.39, 0.29) is 24.4 Å². The second-order valence-electron chi connectivity index (χ2n) is 8.20. The molecule has 10 nitrogen and oxygen atoms in total. The number of imide groups is 2. The van der Waals surface area contributed by atoms with E-state index in [1.54, 1.807) is 30.3 Å². The van der Waals surface area contributed by atoms with Crippen LogP contribution in [0.4, 0.5) is 10.5 Å². The molecule has 2 heterocycles. The number of non-ortho nitro benzene ring substituents is 1. The van der Waals surface area contributed by atoms with Gasteiger partial charge in [-0.05, 0) is 52.7 Å². The number of nitro groups is 1. The first-order valence-electron chi connectivity index (χ1n) is 11.2. The van der Waals surface area contributed by atoms with Crippen LogP contribution in [0.1, 0.15) is 16.9 Å². The average molecular weight is 497 g/mol. The SMILES string of the molecule is O=C1NC(=O)N(Cc2ccco2)C(=O)C1=Cc1c(OCc2ccc([N+](=O)[O-])cc2)ccc2ccccc12. The molecule has 1 aromatic heterocycles. The number of carbonyl (C=O) groups is 3. The van der Waals surface area contributed by atoms with Gasteiger partial charge in [0.15, 0.2) is 0 Å². The second kappa shape index (κ2) is 9.78. The standard InChI is InChI=1S/C27H19N3O7/c31-25-23(26(32)29(27(33)28-25)15-20-5-3-13-36-20)14-22-21-6-2-1-4-18(21)9-12-24(22)37-16-17-7-10-19(11-8-17)30(34)35/h1-14H,15-16H2,(H,28,31,33). The lowest BCUT2D eigenvalue weighted by atomic mass is 9.99. The number of hydrogen-bond acceptors (Lipinski definition) is 7. The minimum Gasteiger partial charge on any atom is -0.488 e. The maximum Gasteiger partial charge on any atom is 0.331 e. The molecule has 0 spiro atoms. The first-order chi connectivity index (χ1) is 17.9. The molecule has 1 N–H and O–H groups in total. The zero-order chi connectivity index (χ0) is 25.9. The van der Waals surface area contributed by atoms with Gasteiger partial charge in [0.1, 0.15) is 23.7 Å². The van der Waals surface area contributed by atoms with Crippen LogP contribution in [0.25, 0.3) is 16.8 Å². The molecule has 3 aromatic carbocycles. The van der Waals surface area contributed by atoms with Gasteiger partial charge in [-0.15, -0.1) is 0 Å². The van der Waals surface area contributed by atoms with Gasteiger partial charge >= 0.3 is 6.03 Å². The molecule has 0 unspecified atom stereocenters. The highest BCUT2D eigenvalue weighted by Gasteiger charge is 2.36. The molecule has 184 valence electrons. The average Bonchev–Trinajstić information content (AvgIpc) is 3.41. The number of furan rings is 1. The van der Waals surface area contributed by atoms with E-state index in [0.717, 1.165) is 15.7 Å². The van der Waals surface area contributed by atoms with Crippen molar-refractivity contribution in [1.29, 1.82) is 0 Å². The number of amides is 4. The number of benzene rings is 3. The lowest BCUT2D eigenvalue weighted by molar-refractivity contribution is -0.384. The van der Waals surface area contributed by atoms with Gasteiger partial charge in [-0.1, -0.05) is 30.3 Å². The van der Waals surface area contributed by atoms with Crippen LogP contribution in [0, 0.1) is 10.1 Å². The summed E-state index contributed by atoms with van der Waals surface area (Å²) < 4.78 is 11.3. The maximum absolute atomic E-state index is 13.2. The molecule has 0 atom stereocenters. The Balaban J connectivity index is 1.51. The van der Waals surface area contributed by atoms with Gasteiger partial charge in [-0.25, -0.2) is 4.79 Å². The molecular weight excluding hydrogens is 478 g/mol. The summed E-state index contributed by atoms with van der Waals surface area (Å²) in [7, 11) is 0. The van der Waals surface area contributed by atoms with Gasteiger partial charge in [-0.3, -0.25) is 29.9 Å². The molecule has 0 bridgehead atoms. The molecule has 10 heteroatoms. The predicted octanol–water partition coefficient (Wildman–Crippen LogP) is 4.58. The quantitative estimate of drug-likeness (QED) is 0.171. The van der Waals surface area contributed by atoms with E-state index in [1.165, 1.54) is 24.5 Å². The summed E-state index contributed by atoms with van der Waals surface area (Å²) in [6.07, 6.45) is 2.83. The fourth-order valence-electron chi connectivity index (χ4n) is 3.97. The summed E-state index contributed by atoms with van der Waals surface area (Å²) in [4.78, 5) is 49.7. The Labute approximate surface area is 209 Å². The van der Waals surface area contributed by atoms with Crippen molar-refractivity contribution in [3.63, 3.8) is 0 Å². The zero-order valence-electron chi connectivity index (χ0n) is 19.2. The highest BCUT2D eigenvalue weighted by molar-refractivity contribution is 6.31. The number of hydrogen-bond donors (Lipinski definition) is 1. The minimum absolute atomic E-state index is 0.0321. The number of nitro benzene ring substituents is 1. The Bertz CT molecular complexity index is 1560. The summed E-state index contributed by atoms with van der Waals surface area (Å²) in [5.74, 6) is -0.812. The van der Waals surface area contributed by atoms with E-state index >= 15 is 0 Å². The highest BCUT2D eigenvalue weighted by atomic mass is 16.6. The smallest absolute Gasteiger partial charge is 0.331 e. The third-order valence-corrected chi connectivity index (χ3v) is 5.84. The summed E-state index contributed by atoms with van der Waals surface area (Å²) in [5, 5.41) is 14.7. The normalized spacial score (nSPS) is 14.8. The molecule has 4 amide bonds. The van der Waals surface area contributed by atoms with Crippen molar-refractivity contribution in [3.05, 3.63) is 112 Å². The largest absolute Gasteiger partial charge is 0.488 e. The number of nitrogens with one attached hydrogen (secondary N) is 1. The molecule has 0 saturated carbocycles. The van der Waals surface area contributed by atoms with Gasteiger partial charge in [-0.2, -0.15) is 0 Å². The van der Waals surface area contributed by atoms with E-state index in [1.807, 2.05) is 30.3 Å². The van der Waals surface area contributed by atoms with Crippen LogP contribution in [-0.4, -0.2) is 27.7 Å². The van der Waals surface area contributed by atoms with Crippen molar-refractivity contribution >= 4 is 40.4 Å². The van der Waals surface area contributed by atoms with Gasteiger partial charge in [0.25, 0.3) is 17.5 Å². The van der Waals surface area contributed by atoms with Crippen LogP contribution in [0.15, 0.2) is 89.0 Å². The molecule has 1 fully saturated rings. The highest BCUT2D eigenvalue weighted by Crippen LogP contribution is 2.32. The predicted molar refractivity (Wildman–Crippen MR) is 132 cm³/mol. The number of ether oxygens (including phenoxy) is 1. The topological polar surface area (TPSA) is 132 Å². The lowest BCUT2D eigenvalue weighted by Crippen LogP contribution is -2.53. The monoisotopic (exact) mass is 497 g/mol. The number of fused-ring (bicyclic) bond motifs is 1. The summed E-state index contributed by atoms with van der Waals surface area (Å²) in [6.45, 7) is -0.0446. The number of rotatable bonds is 7. The Kier molecular flexibility index (Phi) is 6.21. The van der Waals surface area contributed by atoms with Crippen molar-refractivity contribution in [2.75, 3.05) is 0 Å². The van der Waals surface area contributed by atoms with E-state index in [0.29, 0.717) is 22.6 Å². The van der Waals surface area contributed by atoms with Crippen LogP contribution >= 0.6 is 0 Å². The third kappa shape index (κ3) is 4.80. The van der Waals surface area contributed by atoms with E-state index in [4.69, 9.17) is 9.15 Å². The Morgan fingerprint density at radius 1 is 0.973 bits per heavy atom. The molecule has 1 aliphatic rings. The lowest BCUT2D eigenvalue weighted by Gasteiger charge is -2.25. The number of urea groups is 1. The molecular formula is C27H19N3O7. The fourth-order valence-corrected chi connectivity index (χ4v) is 3.97. The minimum atomic E-state index is -0.837. The van der Waals surface area contributed by atoms with Gasteiger partial charge in [0.2, 0.25) is 0 Å². The van der Waals surface area contributed by atoms with Crippen LogP contribution < -0.4 is 10.1 Å². The van der Waals surface area contributed by atoms with Crippen molar-refractivity contribution in [1.82, 2.24) is 10.2 Å². The van der Waals surface area contributed by atoms with Crippen molar-refractivity contribution in [3.8, 4) is 5.75 Å². The van der Waals surface area contributed by atoms with Crippen LogP contribution in [0.5, 0.6) is 5.75 Å². The summed E-state index contributed by atoms with van der Waals surface area (Å²) in [6, 6.07) is 19.3. The second-order valence-corrected chi connectivity index (χ2v) is 8.20. The molecule has 1 saturated heterocycles. The van der Waals surface area contributed by atoms with Crippen molar-refractivity contribution in [2.45, 2.75) is 13.2 Å². The summed E-state index contributed by atoms with van der Waals surface area (Å²) >= 11 is 0. The summed E-state index contributed by atoms with van der Waals surface area (Å²) in [5.41, 5.74) is 0.905. The fraction of sp³-hybridized carbons (Fsp3) is 0.0741. The van der Waals surface area contributed by atoms with Crippen LogP contribution in [-0.2, 0) is 22.7 Å². The first kappa shape index (κ1) is 23.5. The van der Waals surface area contributed by atoms with Crippen molar-refractivity contribution < 1.29 is 28.5 Å². The number of barbiturate groups is 1. The number of carbonyl (C=O) groups excluding carboxylic acids is 3. The molecule has 5 rings (SSSR count). The maximum atomic E-state index is 13.2. The zero-order valence-corrected chi connectivity index (χ0v) is 19.2. The Hall–Kier alpha value is -5.25. The van der Waals surface area contributed by atoms with Crippen LogP contribution in [0.3, 0.4) is 0 Å². The molecule has 1 aliphatic heterocycles. The van der Waals surface area contributed by atoms with E-state index in [2.05, 4.69) is 5.32 Å². The molecule has 0 aliphatic carbocycles. The van der Waals surface area contributed by atoms with Gasteiger partial charge < -0.3 is 9.15 Å². The molecule has 4 aromatic rings. The Morgan fingerprint density at radius 3 is 2.49 bits per heavy atom.